The average molecular weight is 189 g/mol. The number of phenols is 1. The summed E-state index contributed by atoms with van der Waals surface area (Å²) in [5, 5.41) is 26.1. The van der Waals surface area contributed by atoms with Crippen molar-refractivity contribution in [1.82, 2.24) is 0 Å². The van der Waals surface area contributed by atoms with E-state index in [1.165, 1.54) is 18.2 Å². The van der Waals surface area contributed by atoms with E-state index in [1.54, 1.807) is 12.1 Å². The van der Waals surface area contributed by atoms with Gasteiger partial charge in [0.15, 0.2) is 0 Å². The fraction of sp³-hybridized carbons (Fsp3) is 0. The predicted octanol–water partition coefficient (Wildman–Crippen LogP) is 1.36. The van der Waals surface area contributed by atoms with E-state index in [2.05, 4.69) is 0 Å². The Kier molecular flexibility index (Phi) is 2.87. The molecular formula is C10H7NO3. The predicted molar refractivity (Wildman–Crippen MR) is 49.5 cm³/mol. The number of hydrogen-bond acceptors (Lipinski definition) is 3. The Labute approximate surface area is 80.3 Å². The van der Waals surface area contributed by atoms with E-state index in [1.807, 2.05) is 0 Å². The molecule has 0 saturated heterocycles. The topological polar surface area (TPSA) is 81.3 Å². The Morgan fingerprint density at radius 2 is 2.21 bits per heavy atom. The summed E-state index contributed by atoms with van der Waals surface area (Å²) in [6.07, 6.45) is 2.30. The molecule has 0 fully saturated rings. The molecule has 0 unspecified atom stereocenters. The lowest BCUT2D eigenvalue weighted by atomic mass is 10.1. The highest BCUT2D eigenvalue weighted by Gasteiger charge is 1.99. The number of carboxylic acids is 1. The molecule has 0 aliphatic carbocycles. The number of rotatable bonds is 2. The molecule has 0 bridgehead atoms. The van der Waals surface area contributed by atoms with Crippen LogP contribution in [0.2, 0.25) is 0 Å². The highest BCUT2D eigenvalue weighted by molar-refractivity contribution is 5.85. The quantitative estimate of drug-likeness (QED) is 0.688. The normalized spacial score (nSPS) is 9.93. The minimum absolute atomic E-state index is 0.153. The molecule has 4 nitrogen and oxygen atoms in total. The van der Waals surface area contributed by atoms with Gasteiger partial charge in [0.2, 0.25) is 0 Å². The fourth-order valence-electron chi connectivity index (χ4n) is 0.914. The van der Waals surface area contributed by atoms with Crippen LogP contribution < -0.4 is 0 Å². The maximum atomic E-state index is 10.2. The van der Waals surface area contributed by atoms with Crippen LogP contribution in [0.1, 0.15) is 11.1 Å². The zero-order valence-electron chi connectivity index (χ0n) is 7.14. The molecule has 0 spiro atoms. The van der Waals surface area contributed by atoms with E-state index in [4.69, 9.17) is 10.4 Å². The van der Waals surface area contributed by atoms with Gasteiger partial charge in [0.05, 0.1) is 5.56 Å². The lowest BCUT2D eigenvalue weighted by Crippen LogP contribution is -1.86. The summed E-state index contributed by atoms with van der Waals surface area (Å²) in [5.74, 6) is -1.21. The van der Waals surface area contributed by atoms with Crippen LogP contribution in [0.4, 0.5) is 0 Å². The molecule has 0 atom stereocenters. The number of benzene rings is 1. The molecule has 0 aliphatic rings. The lowest BCUT2D eigenvalue weighted by Gasteiger charge is -1.96. The molecule has 1 rings (SSSR count). The van der Waals surface area contributed by atoms with Crippen LogP contribution in [0.15, 0.2) is 24.3 Å². The summed E-state index contributed by atoms with van der Waals surface area (Å²) < 4.78 is 0. The van der Waals surface area contributed by atoms with Gasteiger partial charge in [-0.25, -0.2) is 4.79 Å². The van der Waals surface area contributed by atoms with Gasteiger partial charge in [-0.05, 0) is 23.8 Å². The standard InChI is InChI=1S/C10H7NO3/c11-6-8-3-1-7(5-9(8)12)2-4-10(13)14/h1-5,12H,(H,13,14). The summed E-state index contributed by atoms with van der Waals surface area (Å²) in [7, 11) is 0. The number of aliphatic carboxylic acids is 1. The van der Waals surface area contributed by atoms with Crippen molar-refractivity contribution in [3.8, 4) is 11.8 Å². The summed E-state index contributed by atoms with van der Waals surface area (Å²) in [6, 6.07) is 6.11. The van der Waals surface area contributed by atoms with Crippen molar-refractivity contribution in [3.05, 3.63) is 35.4 Å². The molecule has 1 aromatic carbocycles. The molecule has 0 aliphatic heterocycles. The second kappa shape index (κ2) is 4.10. The lowest BCUT2D eigenvalue weighted by molar-refractivity contribution is -0.131. The van der Waals surface area contributed by atoms with E-state index in [0.29, 0.717) is 5.56 Å². The first-order valence-electron chi connectivity index (χ1n) is 3.77. The van der Waals surface area contributed by atoms with Crippen molar-refractivity contribution >= 4 is 12.0 Å². The Hall–Kier alpha value is -2.28. The highest BCUT2D eigenvalue weighted by atomic mass is 16.4. The van der Waals surface area contributed by atoms with Gasteiger partial charge in [0.1, 0.15) is 11.8 Å². The number of carbonyl (C=O) groups is 1. The van der Waals surface area contributed by atoms with Crippen LogP contribution in [0.3, 0.4) is 0 Å². The minimum Gasteiger partial charge on any atom is -0.507 e. The Balaban J connectivity index is 2.99. The van der Waals surface area contributed by atoms with E-state index < -0.39 is 5.97 Å². The average Bonchev–Trinajstić information content (AvgIpc) is 2.15. The van der Waals surface area contributed by atoms with Crippen molar-refractivity contribution in [2.45, 2.75) is 0 Å². The molecule has 4 heteroatoms. The van der Waals surface area contributed by atoms with E-state index in [9.17, 15) is 9.90 Å². The van der Waals surface area contributed by atoms with Crippen LogP contribution in [-0.2, 0) is 4.79 Å². The minimum atomic E-state index is -1.06. The summed E-state index contributed by atoms with van der Waals surface area (Å²) in [4.78, 5) is 10.2. The first-order chi connectivity index (χ1) is 6.63. The number of nitriles is 1. The number of hydrogen-bond donors (Lipinski definition) is 2. The van der Waals surface area contributed by atoms with Gasteiger partial charge in [0.25, 0.3) is 0 Å². The molecule has 70 valence electrons. The first-order valence-corrected chi connectivity index (χ1v) is 3.77. The second-order valence-electron chi connectivity index (χ2n) is 2.56. The number of carboxylic acid groups (broad SMARTS) is 1. The van der Waals surface area contributed by atoms with Crippen molar-refractivity contribution in [2.75, 3.05) is 0 Å². The SMILES string of the molecule is N#Cc1ccc(C=CC(=O)O)cc1O. The fourth-order valence-corrected chi connectivity index (χ4v) is 0.914. The number of nitrogens with zero attached hydrogens (tertiary/aromatic N) is 1. The van der Waals surface area contributed by atoms with Gasteiger partial charge in [-0.15, -0.1) is 0 Å². The number of phenolic OH excluding ortho intramolecular Hbond substituents is 1. The summed E-state index contributed by atoms with van der Waals surface area (Å²) in [6.45, 7) is 0. The van der Waals surface area contributed by atoms with Crippen molar-refractivity contribution in [3.63, 3.8) is 0 Å². The van der Waals surface area contributed by atoms with E-state index >= 15 is 0 Å². The third-order valence-corrected chi connectivity index (χ3v) is 1.56. The molecule has 0 heterocycles. The first kappa shape index (κ1) is 9.81. The Bertz CT molecular complexity index is 429. The summed E-state index contributed by atoms with van der Waals surface area (Å²) >= 11 is 0. The maximum absolute atomic E-state index is 10.2. The molecule has 0 amide bonds. The van der Waals surface area contributed by atoms with Crippen LogP contribution in [0, 0.1) is 11.3 Å². The van der Waals surface area contributed by atoms with Crippen molar-refractivity contribution in [1.29, 1.82) is 5.26 Å². The molecule has 0 radical (unpaired) electrons. The van der Waals surface area contributed by atoms with Gasteiger partial charge in [-0.1, -0.05) is 6.07 Å². The Morgan fingerprint density at radius 3 is 2.71 bits per heavy atom. The zero-order chi connectivity index (χ0) is 10.6. The van der Waals surface area contributed by atoms with Crippen molar-refractivity contribution in [2.24, 2.45) is 0 Å². The van der Waals surface area contributed by atoms with E-state index in [0.717, 1.165) is 6.08 Å². The molecule has 0 aromatic heterocycles. The third-order valence-electron chi connectivity index (χ3n) is 1.56. The molecule has 0 saturated carbocycles. The highest BCUT2D eigenvalue weighted by Crippen LogP contribution is 2.18. The Morgan fingerprint density at radius 1 is 1.50 bits per heavy atom. The van der Waals surface area contributed by atoms with Gasteiger partial charge < -0.3 is 10.2 Å². The van der Waals surface area contributed by atoms with Crippen LogP contribution in [0.25, 0.3) is 6.08 Å². The van der Waals surface area contributed by atoms with Crippen molar-refractivity contribution < 1.29 is 15.0 Å². The van der Waals surface area contributed by atoms with Gasteiger partial charge >= 0.3 is 5.97 Å². The van der Waals surface area contributed by atoms with Crippen LogP contribution in [0.5, 0.6) is 5.75 Å². The van der Waals surface area contributed by atoms with Gasteiger partial charge in [-0.2, -0.15) is 5.26 Å². The second-order valence-corrected chi connectivity index (χ2v) is 2.56. The molecular weight excluding hydrogens is 182 g/mol. The van der Waals surface area contributed by atoms with Crippen LogP contribution in [-0.4, -0.2) is 16.2 Å². The van der Waals surface area contributed by atoms with E-state index in [-0.39, 0.29) is 11.3 Å². The largest absolute Gasteiger partial charge is 0.507 e. The third kappa shape index (κ3) is 2.35. The zero-order valence-corrected chi connectivity index (χ0v) is 7.14. The van der Waals surface area contributed by atoms with Gasteiger partial charge in [-0.3, -0.25) is 0 Å². The van der Waals surface area contributed by atoms with Gasteiger partial charge in [0, 0.05) is 6.08 Å². The van der Waals surface area contributed by atoms with Crippen LogP contribution >= 0.6 is 0 Å². The monoisotopic (exact) mass is 189 g/mol. The smallest absolute Gasteiger partial charge is 0.328 e. The number of aromatic hydroxyl groups is 1. The molecule has 14 heavy (non-hydrogen) atoms. The molecule has 2 N–H and O–H groups in total. The summed E-state index contributed by atoms with van der Waals surface area (Å²) in [5.41, 5.74) is 0.696. The maximum Gasteiger partial charge on any atom is 0.328 e. The molecule has 1 aromatic rings.